The van der Waals surface area contributed by atoms with Gasteiger partial charge in [0.2, 0.25) is 0 Å². The van der Waals surface area contributed by atoms with Crippen molar-refractivity contribution in [3.05, 3.63) is 72.8 Å². The Morgan fingerprint density at radius 3 is 1.90 bits per heavy atom. The molecule has 21 heavy (non-hydrogen) atoms. The highest BCUT2D eigenvalue weighted by molar-refractivity contribution is 5.65. The van der Waals surface area contributed by atoms with Crippen LogP contribution >= 0.6 is 0 Å². The molecule has 3 rings (SSSR count). The molecule has 2 N–H and O–H groups in total. The molecule has 0 aromatic heterocycles. The Kier molecular flexibility index (Phi) is 3.48. The van der Waals surface area contributed by atoms with E-state index in [1.54, 1.807) is 36.4 Å². The highest BCUT2D eigenvalue weighted by Crippen LogP contribution is 2.28. The van der Waals surface area contributed by atoms with Gasteiger partial charge in [0.25, 0.3) is 0 Å². The first-order valence-electron chi connectivity index (χ1n) is 6.57. The maximum absolute atomic E-state index is 9.50. The molecule has 0 aliphatic heterocycles. The quantitative estimate of drug-likeness (QED) is 0.738. The Balaban J connectivity index is 1.81. The van der Waals surface area contributed by atoms with E-state index in [-0.39, 0.29) is 11.5 Å². The van der Waals surface area contributed by atoms with E-state index in [9.17, 15) is 10.2 Å². The van der Waals surface area contributed by atoms with Crippen LogP contribution in [0.1, 0.15) is 0 Å². The number of rotatable bonds is 3. The van der Waals surface area contributed by atoms with Crippen molar-refractivity contribution in [3.8, 4) is 34.1 Å². The van der Waals surface area contributed by atoms with Crippen LogP contribution in [0.2, 0.25) is 0 Å². The second kappa shape index (κ2) is 5.59. The van der Waals surface area contributed by atoms with Crippen molar-refractivity contribution < 1.29 is 14.9 Å². The van der Waals surface area contributed by atoms with Gasteiger partial charge in [-0.15, -0.1) is 0 Å². The molecule has 0 saturated heterocycles. The monoisotopic (exact) mass is 278 g/mol. The Hall–Kier alpha value is -2.94. The molecule has 0 heterocycles. The van der Waals surface area contributed by atoms with Gasteiger partial charge in [-0.1, -0.05) is 30.3 Å². The van der Waals surface area contributed by atoms with Crippen LogP contribution in [0, 0.1) is 0 Å². The molecule has 0 amide bonds. The van der Waals surface area contributed by atoms with Crippen molar-refractivity contribution in [3.63, 3.8) is 0 Å². The maximum atomic E-state index is 9.50. The first-order chi connectivity index (χ1) is 10.2. The first kappa shape index (κ1) is 13.1. The summed E-state index contributed by atoms with van der Waals surface area (Å²) in [6, 6.07) is 21.3. The lowest BCUT2D eigenvalue weighted by Crippen LogP contribution is -1.84. The van der Waals surface area contributed by atoms with Gasteiger partial charge in [-0.2, -0.15) is 0 Å². The van der Waals surface area contributed by atoms with Gasteiger partial charge in [-0.25, -0.2) is 0 Å². The van der Waals surface area contributed by atoms with E-state index in [4.69, 9.17) is 4.74 Å². The van der Waals surface area contributed by atoms with Crippen molar-refractivity contribution in [1.82, 2.24) is 0 Å². The minimum Gasteiger partial charge on any atom is -0.508 e. The third-order valence-electron chi connectivity index (χ3n) is 3.09. The summed E-state index contributed by atoms with van der Waals surface area (Å²) < 4.78 is 5.66. The number of hydrogen-bond donors (Lipinski definition) is 2. The molecule has 3 aromatic carbocycles. The van der Waals surface area contributed by atoms with Crippen LogP contribution in [0.15, 0.2) is 72.8 Å². The van der Waals surface area contributed by atoms with Crippen molar-refractivity contribution in [1.29, 1.82) is 0 Å². The van der Waals surface area contributed by atoms with Gasteiger partial charge >= 0.3 is 0 Å². The molecule has 0 radical (unpaired) electrons. The van der Waals surface area contributed by atoms with E-state index >= 15 is 0 Å². The lowest BCUT2D eigenvalue weighted by atomic mass is 10.1. The van der Waals surface area contributed by atoms with E-state index in [0.29, 0.717) is 11.5 Å². The van der Waals surface area contributed by atoms with Crippen LogP contribution in [-0.2, 0) is 0 Å². The second-order valence-electron chi connectivity index (χ2n) is 4.67. The average molecular weight is 278 g/mol. The van der Waals surface area contributed by atoms with Crippen LogP contribution < -0.4 is 4.74 Å². The number of aromatic hydroxyl groups is 2. The van der Waals surface area contributed by atoms with Crippen molar-refractivity contribution in [2.45, 2.75) is 0 Å². The molecule has 0 aliphatic carbocycles. The summed E-state index contributed by atoms with van der Waals surface area (Å²) in [5, 5.41) is 18.9. The highest BCUT2D eigenvalue weighted by Gasteiger charge is 2.01. The predicted octanol–water partition coefficient (Wildman–Crippen LogP) is 4.56. The molecular weight excluding hydrogens is 264 g/mol. The zero-order valence-electron chi connectivity index (χ0n) is 11.2. The summed E-state index contributed by atoms with van der Waals surface area (Å²) in [6.07, 6.45) is 0. The summed E-state index contributed by atoms with van der Waals surface area (Å²) in [5.41, 5.74) is 1.94. The molecule has 104 valence electrons. The summed E-state index contributed by atoms with van der Waals surface area (Å²) in [6.45, 7) is 0. The Morgan fingerprint density at radius 1 is 0.571 bits per heavy atom. The Morgan fingerprint density at radius 2 is 1.24 bits per heavy atom. The zero-order valence-corrected chi connectivity index (χ0v) is 11.2. The molecule has 0 unspecified atom stereocenters. The molecule has 0 saturated carbocycles. The van der Waals surface area contributed by atoms with Crippen molar-refractivity contribution in [2.75, 3.05) is 0 Å². The molecule has 0 fully saturated rings. The number of phenols is 2. The summed E-state index contributed by atoms with van der Waals surface area (Å²) in [4.78, 5) is 0. The van der Waals surface area contributed by atoms with E-state index in [1.165, 1.54) is 0 Å². The standard InChI is InChI=1S/C18H14O3/c19-15-4-1-3-14(11-15)13-7-9-17(10-8-13)21-18-6-2-5-16(20)12-18/h1-12,19-20H. The molecule has 0 spiro atoms. The van der Waals surface area contributed by atoms with Gasteiger partial charge in [0, 0.05) is 6.07 Å². The third kappa shape index (κ3) is 3.15. The van der Waals surface area contributed by atoms with Gasteiger partial charge in [0.1, 0.15) is 23.0 Å². The van der Waals surface area contributed by atoms with E-state index in [0.717, 1.165) is 11.1 Å². The summed E-state index contributed by atoms with van der Waals surface area (Å²) in [7, 11) is 0. The number of phenolic OH excluding ortho intramolecular Hbond substituents is 2. The maximum Gasteiger partial charge on any atom is 0.131 e. The van der Waals surface area contributed by atoms with Crippen LogP contribution in [-0.4, -0.2) is 10.2 Å². The second-order valence-corrected chi connectivity index (χ2v) is 4.67. The summed E-state index contributed by atoms with van der Waals surface area (Å²) >= 11 is 0. The lowest BCUT2D eigenvalue weighted by Gasteiger charge is -2.07. The molecule has 0 bridgehead atoms. The van der Waals surface area contributed by atoms with Crippen LogP contribution in [0.4, 0.5) is 0 Å². The van der Waals surface area contributed by atoms with Crippen molar-refractivity contribution in [2.24, 2.45) is 0 Å². The van der Waals surface area contributed by atoms with Gasteiger partial charge in [-0.3, -0.25) is 0 Å². The topological polar surface area (TPSA) is 49.7 Å². The van der Waals surface area contributed by atoms with Crippen molar-refractivity contribution >= 4 is 0 Å². The van der Waals surface area contributed by atoms with Crippen LogP contribution in [0.3, 0.4) is 0 Å². The smallest absolute Gasteiger partial charge is 0.131 e. The van der Waals surface area contributed by atoms with Crippen LogP contribution in [0.5, 0.6) is 23.0 Å². The van der Waals surface area contributed by atoms with Gasteiger partial charge in [-0.05, 0) is 47.5 Å². The largest absolute Gasteiger partial charge is 0.508 e. The van der Waals surface area contributed by atoms with E-state index in [1.807, 2.05) is 36.4 Å². The average Bonchev–Trinajstić information content (AvgIpc) is 2.48. The van der Waals surface area contributed by atoms with E-state index in [2.05, 4.69) is 0 Å². The fraction of sp³-hybridized carbons (Fsp3) is 0. The van der Waals surface area contributed by atoms with Crippen LogP contribution in [0.25, 0.3) is 11.1 Å². The molecule has 3 heteroatoms. The summed E-state index contributed by atoms with van der Waals surface area (Å²) in [5.74, 6) is 1.68. The highest BCUT2D eigenvalue weighted by atomic mass is 16.5. The number of hydrogen-bond acceptors (Lipinski definition) is 3. The minimum absolute atomic E-state index is 0.170. The SMILES string of the molecule is Oc1cccc(Oc2ccc(-c3cccc(O)c3)cc2)c1. The molecule has 3 nitrogen and oxygen atoms in total. The Bertz CT molecular complexity index is 748. The first-order valence-corrected chi connectivity index (χ1v) is 6.57. The third-order valence-corrected chi connectivity index (χ3v) is 3.09. The lowest BCUT2D eigenvalue weighted by molar-refractivity contribution is 0.455. The van der Waals surface area contributed by atoms with Gasteiger partial charge < -0.3 is 14.9 Å². The Labute approximate surface area is 122 Å². The van der Waals surface area contributed by atoms with Gasteiger partial charge in [0.05, 0.1) is 0 Å². The zero-order chi connectivity index (χ0) is 14.7. The molecule has 3 aromatic rings. The number of benzene rings is 3. The molecule has 0 atom stereocenters. The normalized spacial score (nSPS) is 10.3. The molecule has 0 aliphatic rings. The minimum atomic E-state index is 0.170. The fourth-order valence-corrected chi connectivity index (χ4v) is 2.08. The number of ether oxygens (including phenoxy) is 1. The predicted molar refractivity (Wildman–Crippen MR) is 81.7 cm³/mol. The fourth-order valence-electron chi connectivity index (χ4n) is 2.08. The van der Waals surface area contributed by atoms with E-state index < -0.39 is 0 Å². The molecular formula is C18H14O3. The van der Waals surface area contributed by atoms with Gasteiger partial charge in [0.15, 0.2) is 0 Å².